The summed E-state index contributed by atoms with van der Waals surface area (Å²) in [6.07, 6.45) is 0.897. The number of hydrogen-bond acceptors (Lipinski definition) is 4. The van der Waals surface area contributed by atoms with Crippen LogP contribution in [0.1, 0.15) is 28.6 Å². The van der Waals surface area contributed by atoms with E-state index in [-0.39, 0.29) is 18.3 Å². The van der Waals surface area contributed by atoms with Crippen molar-refractivity contribution in [3.63, 3.8) is 0 Å². The van der Waals surface area contributed by atoms with E-state index in [1.54, 1.807) is 13.8 Å². The summed E-state index contributed by atoms with van der Waals surface area (Å²) in [5, 5.41) is 5.78. The molecule has 1 heterocycles. The first-order chi connectivity index (χ1) is 7.15. The Balaban J connectivity index is 0.00000225. The molecule has 1 aromatic heterocycles. The second kappa shape index (κ2) is 7.24. The zero-order valence-electron chi connectivity index (χ0n) is 9.79. The molecule has 0 unspecified atom stereocenters. The quantitative estimate of drug-likeness (QED) is 0.764. The lowest BCUT2D eigenvalue weighted by atomic mass is 10.3. The number of halogens is 1. The van der Waals surface area contributed by atoms with Crippen LogP contribution in [0.4, 0.5) is 0 Å². The van der Waals surface area contributed by atoms with Gasteiger partial charge in [0, 0.05) is 13.5 Å². The van der Waals surface area contributed by atoms with E-state index in [2.05, 4.69) is 15.6 Å². The van der Waals surface area contributed by atoms with Crippen molar-refractivity contribution in [1.82, 2.24) is 15.6 Å². The third-order valence-corrected chi connectivity index (χ3v) is 2.00. The lowest BCUT2D eigenvalue weighted by Crippen LogP contribution is -2.26. The number of aromatic nitrogens is 1. The van der Waals surface area contributed by atoms with E-state index in [0.29, 0.717) is 23.9 Å². The van der Waals surface area contributed by atoms with Crippen LogP contribution in [0.2, 0.25) is 0 Å². The molecule has 0 bridgehead atoms. The molecule has 0 spiro atoms. The van der Waals surface area contributed by atoms with E-state index in [1.807, 2.05) is 7.05 Å². The molecule has 0 radical (unpaired) electrons. The monoisotopic (exact) mass is 247 g/mol. The van der Waals surface area contributed by atoms with Gasteiger partial charge in [0.15, 0.2) is 5.89 Å². The first kappa shape index (κ1) is 14.9. The number of hydrogen-bond donors (Lipinski definition) is 2. The van der Waals surface area contributed by atoms with Crippen LogP contribution in [-0.4, -0.2) is 31.0 Å². The van der Waals surface area contributed by atoms with Gasteiger partial charge < -0.3 is 15.1 Å². The highest BCUT2D eigenvalue weighted by Crippen LogP contribution is 2.08. The summed E-state index contributed by atoms with van der Waals surface area (Å²) >= 11 is 0. The van der Waals surface area contributed by atoms with Crippen LogP contribution in [0.15, 0.2) is 4.42 Å². The van der Waals surface area contributed by atoms with Gasteiger partial charge in [-0.25, -0.2) is 4.98 Å². The van der Waals surface area contributed by atoms with Gasteiger partial charge in [-0.1, -0.05) is 0 Å². The van der Waals surface area contributed by atoms with Crippen LogP contribution >= 0.6 is 12.4 Å². The second-order valence-electron chi connectivity index (χ2n) is 3.36. The van der Waals surface area contributed by atoms with Gasteiger partial charge in [-0.05, 0) is 26.9 Å². The minimum atomic E-state index is -0.191. The molecule has 1 aromatic rings. The Labute approximate surface area is 101 Å². The number of nitrogens with one attached hydrogen (secondary N) is 2. The molecule has 0 aliphatic carbocycles. The molecule has 6 heteroatoms. The SMILES string of the molecule is CNCCCNC(=O)c1oc(C)nc1C.Cl. The average molecular weight is 248 g/mol. The number of aryl methyl sites for hydroxylation is 2. The third kappa shape index (κ3) is 4.20. The topological polar surface area (TPSA) is 67.2 Å². The molecule has 0 saturated carbocycles. The van der Waals surface area contributed by atoms with Crippen LogP contribution in [0.3, 0.4) is 0 Å². The summed E-state index contributed by atoms with van der Waals surface area (Å²) in [6.45, 7) is 5.01. The van der Waals surface area contributed by atoms with E-state index in [4.69, 9.17) is 4.42 Å². The Kier molecular flexibility index (Phi) is 6.76. The average Bonchev–Trinajstić information content (AvgIpc) is 2.52. The van der Waals surface area contributed by atoms with Crippen molar-refractivity contribution in [2.24, 2.45) is 0 Å². The highest BCUT2D eigenvalue weighted by atomic mass is 35.5. The fourth-order valence-electron chi connectivity index (χ4n) is 1.29. The van der Waals surface area contributed by atoms with E-state index in [0.717, 1.165) is 13.0 Å². The number of carbonyl (C=O) groups is 1. The minimum absolute atomic E-state index is 0. The molecular weight excluding hydrogens is 230 g/mol. The molecule has 0 atom stereocenters. The maximum atomic E-state index is 11.6. The van der Waals surface area contributed by atoms with Crippen molar-refractivity contribution >= 4 is 18.3 Å². The van der Waals surface area contributed by atoms with Crippen molar-refractivity contribution in [1.29, 1.82) is 0 Å². The molecule has 92 valence electrons. The van der Waals surface area contributed by atoms with Crippen molar-refractivity contribution in [3.05, 3.63) is 17.3 Å². The van der Waals surface area contributed by atoms with E-state index < -0.39 is 0 Å². The van der Waals surface area contributed by atoms with Crippen LogP contribution in [0.25, 0.3) is 0 Å². The molecule has 16 heavy (non-hydrogen) atoms. The van der Waals surface area contributed by atoms with Gasteiger partial charge >= 0.3 is 0 Å². The van der Waals surface area contributed by atoms with Crippen molar-refractivity contribution in [3.8, 4) is 0 Å². The smallest absolute Gasteiger partial charge is 0.289 e. The predicted octanol–water partition coefficient (Wildman–Crippen LogP) is 1.05. The number of amides is 1. The van der Waals surface area contributed by atoms with Gasteiger partial charge in [0.1, 0.15) is 0 Å². The second-order valence-corrected chi connectivity index (χ2v) is 3.36. The number of rotatable bonds is 5. The Morgan fingerprint density at radius 2 is 2.06 bits per heavy atom. The predicted molar refractivity (Wildman–Crippen MR) is 64.1 cm³/mol. The Morgan fingerprint density at radius 3 is 2.56 bits per heavy atom. The van der Waals surface area contributed by atoms with Crippen molar-refractivity contribution < 1.29 is 9.21 Å². The Morgan fingerprint density at radius 1 is 1.38 bits per heavy atom. The van der Waals surface area contributed by atoms with Crippen LogP contribution in [0, 0.1) is 13.8 Å². The largest absolute Gasteiger partial charge is 0.436 e. The number of carbonyl (C=O) groups excluding carboxylic acids is 1. The molecule has 2 N–H and O–H groups in total. The van der Waals surface area contributed by atoms with Gasteiger partial charge in [0.25, 0.3) is 5.91 Å². The summed E-state index contributed by atoms with van der Waals surface area (Å²) in [4.78, 5) is 15.6. The molecule has 0 fully saturated rings. The summed E-state index contributed by atoms with van der Waals surface area (Å²) in [5.74, 6) is 0.647. The van der Waals surface area contributed by atoms with E-state index >= 15 is 0 Å². The normalized spacial score (nSPS) is 9.69. The fourth-order valence-corrected chi connectivity index (χ4v) is 1.29. The summed E-state index contributed by atoms with van der Waals surface area (Å²) < 4.78 is 5.19. The molecule has 0 aromatic carbocycles. The van der Waals surface area contributed by atoms with Crippen molar-refractivity contribution in [2.45, 2.75) is 20.3 Å². The molecule has 1 rings (SSSR count). The molecular formula is C10H18ClN3O2. The maximum absolute atomic E-state index is 11.6. The van der Waals surface area contributed by atoms with Gasteiger partial charge in [-0.15, -0.1) is 12.4 Å². The standard InChI is InChI=1S/C10H17N3O2.ClH/c1-7-9(15-8(2)13-7)10(14)12-6-4-5-11-3;/h11H,4-6H2,1-3H3,(H,12,14);1H. The first-order valence-electron chi connectivity index (χ1n) is 5.02. The minimum Gasteiger partial charge on any atom is -0.436 e. The molecule has 0 aliphatic heterocycles. The molecule has 5 nitrogen and oxygen atoms in total. The Bertz CT molecular complexity index is 339. The molecule has 1 amide bonds. The van der Waals surface area contributed by atoms with Crippen LogP contribution in [0.5, 0.6) is 0 Å². The maximum Gasteiger partial charge on any atom is 0.289 e. The molecule has 0 saturated heterocycles. The van der Waals surface area contributed by atoms with Gasteiger partial charge in [0.05, 0.1) is 5.69 Å². The zero-order chi connectivity index (χ0) is 11.3. The first-order valence-corrected chi connectivity index (χ1v) is 5.02. The summed E-state index contributed by atoms with van der Waals surface area (Å²) in [5.41, 5.74) is 0.638. The zero-order valence-corrected chi connectivity index (χ0v) is 10.6. The lowest BCUT2D eigenvalue weighted by Gasteiger charge is -2.02. The highest BCUT2D eigenvalue weighted by Gasteiger charge is 2.14. The fraction of sp³-hybridized carbons (Fsp3) is 0.600. The number of oxazole rings is 1. The number of nitrogens with zero attached hydrogens (tertiary/aromatic N) is 1. The van der Waals surface area contributed by atoms with E-state index in [1.165, 1.54) is 0 Å². The van der Waals surface area contributed by atoms with Gasteiger partial charge in [-0.2, -0.15) is 0 Å². The summed E-state index contributed by atoms with van der Waals surface area (Å²) in [7, 11) is 1.88. The van der Waals surface area contributed by atoms with Crippen LogP contribution in [-0.2, 0) is 0 Å². The Hall–Kier alpha value is -1.07. The van der Waals surface area contributed by atoms with Gasteiger partial charge in [-0.3, -0.25) is 4.79 Å². The van der Waals surface area contributed by atoms with Gasteiger partial charge in [0.2, 0.25) is 5.76 Å². The van der Waals surface area contributed by atoms with Crippen LogP contribution < -0.4 is 10.6 Å². The molecule has 0 aliphatic rings. The highest BCUT2D eigenvalue weighted by molar-refractivity contribution is 5.92. The van der Waals surface area contributed by atoms with Crippen molar-refractivity contribution in [2.75, 3.05) is 20.1 Å². The van der Waals surface area contributed by atoms with E-state index in [9.17, 15) is 4.79 Å². The summed E-state index contributed by atoms with van der Waals surface area (Å²) in [6, 6.07) is 0. The lowest BCUT2D eigenvalue weighted by molar-refractivity contribution is 0.0923. The third-order valence-electron chi connectivity index (χ3n) is 2.00.